The van der Waals surface area contributed by atoms with E-state index >= 15 is 0 Å². The smallest absolute Gasteiger partial charge is 0.337 e. The van der Waals surface area contributed by atoms with Gasteiger partial charge < -0.3 is 14.0 Å². The summed E-state index contributed by atoms with van der Waals surface area (Å²) in [6, 6.07) is 39.9. The first kappa shape index (κ1) is 35.2. The molecule has 50 heavy (non-hydrogen) atoms. The van der Waals surface area contributed by atoms with Crippen LogP contribution in [0.25, 0.3) is 10.9 Å². The third-order valence-corrected chi connectivity index (χ3v) is 10.5. The normalized spacial score (nSPS) is 11.6. The van der Waals surface area contributed by atoms with Crippen molar-refractivity contribution >= 4 is 50.1 Å². The lowest BCUT2D eigenvalue weighted by Gasteiger charge is -2.25. The molecule has 5 aromatic carbocycles. The van der Waals surface area contributed by atoms with Gasteiger partial charge in [0.25, 0.3) is 0 Å². The lowest BCUT2D eigenvalue weighted by Crippen LogP contribution is -2.28. The molecule has 6 rings (SSSR count). The maximum absolute atomic E-state index is 13.3. The monoisotopic (exact) mass is 726 g/mol. The Labute approximate surface area is 302 Å². The van der Waals surface area contributed by atoms with E-state index in [9.17, 15) is 13.2 Å². The summed E-state index contributed by atoms with van der Waals surface area (Å²) < 4.78 is 42.7. The minimum Gasteiger partial charge on any atom is -0.493 e. The maximum Gasteiger partial charge on any atom is 0.337 e. The molecule has 1 heterocycles. The van der Waals surface area contributed by atoms with Crippen molar-refractivity contribution < 1.29 is 22.7 Å². The largest absolute Gasteiger partial charge is 0.493 e. The topological polar surface area (TPSA) is 86.6 Å². The van der Waals surface area contributed by atoms with Crippen molar-refractivity contribution in [2.75, 3.05) is 20.3 Å². The third-order valence-electron chi connectivity index (χ3n) is 8.55. The number of nitrogens with one attached hydrogen (secondary N) is 1. The molecule has 0 saturated carbocycles. The fraction of sp³-hybridized carbons (Fsp3) is 0.175. The third kappa shape index (κ3) is 8.22. The molecule has 0 aliphatic rings. The van der Waals surface area contributed by atoms with Crippen LogP contribution in [0.15, 0.2) is 127 Å². The van der Waals surface area contributed by atoms with E-state index in [0.717, 1.165) is 33.3 Å². The summed E-state index contributed by atoms with van der Waals surface area (Å²) in [5.41, 5.74) is 6.08. The summed E-state index contributed by atoms with van der Waals surface area (Å²) >= 11 is 12.9. The highest BCUT2D eigenvalue weighted by Gasteiger charge is 2.26. The molecule has 0 radical (unpaired) electrons. The van der Waals surface area contributed by atoms with Crippen LogP contribution < -0.4 is 9.46 Å². The zero-order valence-corrected chi connectivity index (χ0v) is 29.7. The number of hydrogen-bond donors (Lipinski definition) is 1. The van der Waals surface area contributed by atoms with Gasteiger partial charge in [-0.1, -0.05) is 102 Å². The summed E-state index contributed by atoms with van der Waals surface area (Å²) in [7, 11) is -2.36. The summed E-state index contributed by atoms with van der Waals surface area (Å²) in [5.74, 6) is -0.0308. The Kier molecular flexibility index (Phi) is 11.2. The van der Waals surface area contributed by atoms with Crippen molar-refractivity contribution in [3.8, 4) is 5.75 Å². The Morgan fingerprint density at radius 2 is 1.44 bits per heavy atom. The van der Waals surface area contributed by atoms with Gasteiger partial charge in [0.15, 0.2) is 0 Å². The van der Waals surface area contributed by atoms with Crippen molar-refractivity contribution in [3.63, 3.8) is 0 Å². The number of hydrogen-bond acceptors (Lipinski definition) is 5. The van der Waals surface area contributed by atoms with Crippen molar-refractivity contribution in [1.82, 2.24) is 9.29 Å². The van der Waals surface area contributed by atoms with E-state index in [1.807, 2.05) is 54.6 Å². The highest BCUT2D eigenvalue weighted by Crippen LogP contribution is 2.38. The lowest BCUT2D eigenvalue weighted by molar-refractivity contribution is 0.0600. The van der Waals surface area contributed by atoms with Crippen LogP contribution in [0.3, 0.4) is 0 Å². The quantitative estimate of drug-likeness (QED) is 0.114. The Hall–Kier alpha value is -4.60. The van der Waals surface area contributed by atoms with Gasteiger partial charge in [0, 0.05) is 46.0 Å². The summed E-state index contributed by atoms with van der Waals surface area (Å²) in [5, 5.41) is 1.97. The minimum atomic E-state index is -3.70. The molecule has 7 nitrogen and oxygen atoms in total. The van der Waals surface area contributed by atoms with Crippen LogP contribution in [-0.4, -0.2) is 39.2 Å². The molecular formula is C40H36Cl2N2O5S. The van der Waals surface area contributed by atoms with E-state index in [-0.39, 0.29) is 18.3 Å². The molecule has 0 unspecified atom stereocenters. The molecule has 0 atom stereocenters. The Balaban J connectivity index is 1.39. The van der Waals surface area contributed by atoms with Crippen molar-refractivity contribution in [2.45, 2.75) is 24.6 Å². The number of sulfonamides is 1. The number of esters is 1. The number of methoxy groups -OCH3 is 1. The Bertz CT molecular complexity index is 2150. The molecule has 1 aromatic heterocycles. The molecule has 0 fully saturated rings. The van der Waals surface area contributed by atoms with Crippen molar-refractivity contribution in [1.29, 1.82) is 0 Å². The number of carbonyl (C=O) groups excluding carboxylic acids is 1. The number of halogens is 2. The van der Waals surface area contributed by atoms with Gasteiger partial charge in [-0.25, -0.2) is 17.9 Å². The standard InChI is InChI=1S/C40H36Cl2N2O5S/c1-48-40(45)30-16-19-33(20-17-30)49-25-23-34-35-26-32(41)18-21-37(35)44(39(28-10-4-2-5-11-28)29-12-6-3-7-13-29)38(34)22-24-43-50(46,47)27-31-14-8-9-15-36(31)42/h2-21,26,39,43H,22-25,27H2,1H3. The highest BCUT2D eigenvalue weighted by atomic mass is 35.5. The minimum absolute atomic E-state index is 0.163. The van der Waals surface area contributed by atoms with Crippen LogP contribution in [-0.2, 0) is 33.4 Å². The van der Waals surface area contributed by atoms with Gasteiger partial charge in [-0.05, 0) is 70.8 Å². The molecule has 256 valence electrons. The van der Waals surface area contributed by atoms with Crippen LogP contribution in [0.5, 0.6) is 5.75 Å². The molecule has 6 aromatic rings. The number of aromatic nitrogens is 1. The zero-order chi connectivity index (χ0) is 35.1. The zero-order valence-electron chi connectivity index (χ0n) is 27.4. The van der Waals surface area contributed by atoms with E-state index in [2.05, 4.69) is 33.6 Å². The van der Waals surface area contributed by atoms with Gasteiger partial charge in [-0.15, -0.1) is 0 Å². The van der Waals surface area contributed by atoms with Crippen molar-refractivity contribution in [2.24, 2.45) is 0 Å². The second kappa shape index (κ2) is 16.0. The Morgan fingerprint density at radius 1 is 0.800 bits per heavy atom. The van der Waals surface area contributed by atoms with E-state index in [0.29, 0.717) is 46.4 Å². The highest BCUT2D eigenvalue weighted by molar-refractivity contribution is 7.88. The number of carbonyl (C=O) groups is 1. The molecule has 0 bridgehead atoms. The second-order valence-electron chi connectivity index (χ2n) is 11.8. The fourth-order valence-electron chi connectivity index (χ4n) is 6.28. The van der Waals surface area contributed by atoms with Gasteiger partial charge in [0.05, 0.1) is 31.1 Å². The summed E-state index contributed by atoms with van der Waals surface area (Å²) in [6.07, 6.45) is 0.911. The number of benzene rings is 5. The van der Waals surface area contributed by atoms with Gasteiger partial charge in [0.1, 0.15) is 5.75 Å². The molecule has 0 spiro atoms. The van der Waals surface area contributed by atoms with Gasteiger partial charge in [0.2, 0.25) is 10.0 Å². The first-order chi connectivity index (χ1) is 24.2. The van der Waals surface area contributed by atoms with E-state index < -0.39 is 16.0 Å². The van der Waals surface area contributed by atoms with Crippen LogP contribution in [0.2, 0.25) is 10.0 Å². The molecule has 10 heteroatoms. The molecule has 0 aliphatic carbocycles. The fourth-order valence-corrected chi connectivity index (χ4v) is 7.92. The second-order valence-corrected chi connectivity index (χ2v) is 14.4. The number of fused-ring (bicyclic) bond motifs is 1. The SMILES string of the molecule is COC(=O)c1ccc(OCCc2c(CCNS(=O)(=O)Cc3ccccc3Cl)n(C(c3ccccc3)c3ccccc3)c3ccc(Cl)cc23)cc1. The molecule has 0 amide bonds. The summed E-state index contributed by atoms with van der Waals surface area (Å²) in [4.78, 5) is 11.9. The van der Waals surface area contributed by atoms with Gasteiger partial charge >= 0.3 is 5.97 Å². The van der Waals surface area contributed by atoms with Crippen LogP contribution >= 0.6 is 23.2 Å². The van der Waals surface area contributed by atoms with Crippen LogP contribution in [0, 0.1) is 0 Å². The number of ether oxygens (including phenoxy) is 2. The first-order valence-electron chi connectivity index (χ1n) is 16.2. The van der Waals surface area contributed by atoms with Gasteiger partial charge in [-0.3, -0.25) is 0 Å². The Morgan fingerprint density at radius 3 is 2.08 bits per heavy atom. The number of nitrogens with zero attached hydrogens (tertiary/aromatic N) is 1. The van der Waals surface area contributed by atoms with Crippen molar-refractivity contribution in [3.05, 3.63) is 171 Å². The van der Waals surface area contributed by atoms with Gasteiger partial charge in [-0.2, -0.15) is 0 Å². The average Bonchev–Trinajstić information content (AvgIpc) is 3.41. The van der Waals surface area contributed by atoms with E-state index in [1.165, 1.54) is 7.11 Å². The van der Waals surface area contributed by atoms with E-state index in [1.54, 1.807) is 48.5 Å². The van der Waals surface area contributed by atoms with Crippen LogP contribution in [0.1, 0.15) is 44.3 Å². The number of rotatable bonds is 14. The predicted octanol–water partition coefficient (Wildman–Crippen LogP) is 8.66. The maximum atomic E-state index is 13.3. The first-order valence-corrected chi connectivity index (χ1v) is 18.6. The van der Waals surface area contributed by atoms with E-state index in [4.69, 9.17) is 32.7 Å². The van der Waals surface area contributed by atoms with Crippen LogP contribution in [0.4, 0.5) is 0 Å². The average molecular weight is 728 g/mol. The molecule has 0 saturated heterocycles. The molecule has 1 N–H and O–H groups in total. The lowest BCUT2D eigenvalue weighted by atomic mass is 9.97. The predicted molar refractivity (Wildman–Crippen MR) is 200 cm³/mol. The molecular weight excluding hydrogens is 691 g/mol. The summed E-state index contributed by atoms with van der Waals surface area (Å²) in [6.45, 7) is 0.492. The molecule has 0 aliphatic heterocycles.